The SMILES string of the molecule is C[C@]1(O)C(n2cnc3c(=O)[nH]c(N)nc32)O[C@H](COP(=O)(O)O)[C@H]1O. The number of nitrogens with zero attached hydrogens (tertiary/aromatic N) is 3. The molecule has 0 amide bonds. The van der Waals surface area contributed by atoms with Gasteiger partial charge in [0.25, 0.3) is 5.56 Å². The normalized spacial score (nSPS) is 30.2. The molecule has 1 fully saturated rings. The fraction of sp³-hybridized carbons (Fsp3) is 0.545. The van der Waals surface area contributed by atoms with Gasteiger partial charge in [-0.05, 0) is 6.92 Å². The van der Waals surface area contributed by atoms with Gasteiger partial charge in [0.05, 0.1) is 12.9 Å². The molecule has 1 aliphatic rings. The number of hydrogen-bond donors (Lipinski definition) is 6. The lowest BCUT2D eigenvalue weighted by molar-refractivity contribution is -0.0949. The van der Waals surface area contributed by atoms with Crippen LogP contribution in [-0.4, -0.2) is 63.9 Å². The van der Waals surface area contributed by atoms with Gasteiger partial charge in [0.2, 0.25) is 5.95 Å². The number of aromatic nitrogens is 4. The Hall–Kier alpha value is -1.86. The Morgan fingerprint density at radius 2 is 2.24 bits per heavy atom. The number of anilines is 1. The van der Waals surface area contributed by atoms with Crippen molar-refractivity contribution in [3.8, 4) is 0 Å². The number of fused-ring (bicyclic) bond motifs is 1. The monoisotopic (exact) mass is 377 g/mol. The third-order valence-corrected chi connectivity index (χ3v) is 4.35. The molecule has 3 rings (SSSR count). The van der Waals surface area contributed by atoms with E-state index in [4.69, 9.17) is 20.3 Å². The summed E-state index contributed by atoms with van der Waals surface area (Å²) in [6.45, 7) is 0.586. The van der Waals surface area contributed by atoms with Gasteiger partial charge in [-0.3, -0.25) is 18.9 Å². The van der Waals surface area contributed by atoms with E-state index in [1.165, 1.54) is 17.8 Å². The van der Waals surface area contributed by atoms with Gasteiger partial charge in [-0.2, -0.15) is 4.98 Å². The number of H-pyrrole nitrogens is 1. The average molecular weight is 377 g/mol. The van der Waals surface area contributed by atoms with Gasteiger partial charge in [0.1, 0.15) is 17.8 Å². The highest BCUT2D eigenvalue weighted by atomic mass is 31.2. The maximum Gasteiger partial charge on any atom is 0.469 e. The van der Waals surface area contributed by atoms with Crippen molar-refractivity contribution in [2.75, 3.05) is 12.3 Å². The number of aliphatic hydroxyl groups is 2. The summed E-state index contributed by atoms with van der Waals surface area (Å²) in [5.41, 5.74) is 2.96. The summed E-state index contributed by atoms with van der Waals surface area (Å²) in [6, 6.07) is 0. The Labute approximate surface area is 139 Å². The van der Waals surface area contributed by atoms with E-state index in [2.05, 4.69) is 19.5 Å². The van der Waals surface area contributed by atoms with Crippen molar-refractivity contribution < 1.29 is 33.8 Å². The minimum atomic E-state index is -4.78. The number of phosphoric acid groups is 1. The second-order valence-electron chi connectivity index (χ2n) is 5.76. The summed E-state index contributed by atoms with van der Waals surface area (Å²) in [5.74, 6) is -0.182. The number of ether oxygens (including phenoxy) is 1. The fourth-order valence-electron chi connectivity index (χ4n) is 2.66. The molecule has 4 atom stereocenters. The van der Waals surface area contributed by atoms with Gasteiger partial charge in [0.15, 0.2) is 17.4 Å². The van der Waals surface area contributed by atoms with E-state index >= 15 is 0 Å². The van der Waals surface area contributed by atoms with Gasteiger partial charge in [-0.1, -0.05) is 0 Å². The second-order valence-corrected chi connectivity index (χ2v) is 7.00. The number of nitrogens with two attached hydrogens (primary N) is 1. The molecule has 25 heavy (non-hydrogen) atoms. The van der Waals surface area contributed by atoms with Crippen LogP contribution in [0.4, 0.5) is 5.95 Å². The first kappa shape index (κ1) is 17.9. The summed E-state index contributed by atoms with van der Waals surface area (Å²) in [7, 11) is -4.78. The third kappa shape index (κ3) is 3.18. The Morgan fingerprint density at radius 3 is 2.88 bits per heavy atom. The lowest BCUT2D eigenvalue weighted by atomic mass is 9.96. The molecule has 138 valence electrons. The van der Waals surface area contributed by atoms with Gasteiger partial charge in [0, 0.05) is 0 Å². The fourth-order valence-corrected chi connectivity index (χ4v) is 3.00. The third-order valence-electron chi connectivity index (χ3n) is 3.86. The van der Waals surface area contributed by atoms with Crippen molar-refractivity contribution in [1.82, 2.24) is 19.5 Å². The molecule has 1 unspecified atom stereocenters. The molecular weight excluding hydrogens is 361 g/mol. The van der Waals surface area contributed by atoms with Crippen molar-refractivity contribution in [1.29, 1.82) is 0 Å². The van der Waals surface area contributed by atoms with E-state index in [9.17, 15) is 19.6 Å². The maximum absolute atomic E-state index is 11.8. The minimum Gasteiger partial charge on any atom is -0.387 e. The van der Waals surface area contributed by atoms with Crippen LogP contribution >= 0.6 is 7.82 Å². The molecule has 2 aromatic rings. The zero-order valence-corrected chi connectivity index (χ0v) is 13.7. The highest BCUT2D eigenvalue weighted by Gasteiger charge is 2.54. The van der Waals surface area contributed by atoms with E-state index in [1.807, 2.05) is 0 Å². The summed E-state index contributed by atoms with van der Waals surface area (Å²) in [6.07, 6.45) is -2.87. The number of aromatic amines is 1. The molecule has 0 spiro atoms. The molecule has 13 nitrogen and oxygen atoms in total. The molecule has 1 aliphatic heterocycles. The Bertz CT molecular complexity index is 903. The molecule has 0 bridgehead atoms. The molecular formula is C11H16N5O8P. The van der Waals surface area contributed by atoms with Crippen LogP contribution in [0.2, 0.25) is 0 Å². The van der Waals surface area contributed by atoms with Crippen LogP contribution in [-0.2, 0) is 13.8 Å². The predicted molar refractivity (Wildman–Crippen MR) is 81.1 cm³/mol. The van der Waals surface area contributed by atoms with Crippen molar-refractivity contribution in [3.63, 3.8) is 0 Å². The van der Waals surface area contributed by atoms with Crippen LogP contribution in [0.1, 0.15) is 13.2 Å². The summed E-state index contributed by atoms with van der Waals surface area (Å²) in [4.78, 5) is 39.4. The maximum atomic E-state index is 11.8. The number of nitrogen functional groups attached to an aromatic ring is 1. The Morgan fingerprint density at radius 1 is 1.56 bits per heavy atom. The first-order valence-electron chi connectivity index (χ1n) is 6.99. The van der Waals surface area contributed by atoms with Crippen molar-refractivity contribution >= 4 is 24.9 Å². The number of aliphatic hydroxyl groups excluding tert-OH is 1. The molecule has 0 saturated carbocycles. The smallest absolute Gasteiger partial charge is 0.387 e. The predicted octanol–water partition coefficient (Wildman–Crippen LogP) is -2.18. The molecule has 14 heteroatoms. The van der Waals surface area contributed by atoms with Crippen LogP contribution in [0, 0.1) is 0 Å². The van der Waals surface area contributed by atoms with Gasteiger partial charge in [-0.25, -0.2) is 9.55 Å². The van der Waals surface area contributed by atoms with E-state index in [1.54, 1.807) is 0 Å². The highest BCUT2D eigenvalue weighted by molar-refractivity contribution is 7.46. The van der Waals surface area contributed by atoms with Gasteiger partial charge in [-0.15, -0.1) is 0 Å². The molecule has 0 aromatic carbocycles. The number of phosphoric ester groups is 1. The van der Waals surface area contributed by atoms with E-state index in [-0.39, 0.29) is 17.1 Å². The topological polar surface area (TPSA) is 206 Å². The minimum absolute atomic E-state index is 0.00952. The van der Waals surface area contributed by atoms with Gasteiger partial charge < -0.3 is 30.5 Å². The number of imidazole rings is 1. The molecule has 0 radical (unpaired) electrons. The highest BCUT2D eigenvalue weighted by Crippen LogP contribution is 2.42. The first-order valence-corrected chi connectivity index (χ1v) is 8.52. The largest absolute Gasteiger partial charge is 0.469 e. The van der Waals surface area contributed by atoms with Crippen LogP contribution in [0.5, 0.6) is 0 Å². The Balaban J connectivity index is 1.97. The standard InChI is InChI=1S/C11H16N5O8P/c1-11(19)6(17)4(2-23-25(20,21)22)24-9(11)16-3-13-5-7(16)14-10(12)15-8(5)18/h3-4,6,9,17,19H,2H2,1H3,(H2,20,21,22)(H3,12,14,15,18)/t4-,6-,9?,11-/m1/s1. The van der Waals surface area contributed by atoms with Crippen LogP contribution < -0.4 is 11.3 Å². The molecule has 0 aliphatic carbocycles. The van der Waals surface area contributed by atoms with Gasteiger partial charge >= 0.3 is 7.82 Å². The molecule has 7 N–H and O–H groups in total. The van der Waals surface area contributed by atoms with E-state index in [0.29, 0.717) is 0 Å². The zero-order chi connectivity index (χ0) is 18.6. The molecule has 2 aromatic heterocycles. The van der Waals surface area contributed by atoms with E-state index in [0.717, 1.165) is 0 Å². The van der Waals surface area contributed by atoms with Crippen molar-refractivity contribution in [2.45, 2.75) is 31.0 Å². The molecule has 3 heterocycles. The first-order chi connectivity index (χ1) is 11.5. The lowest BCUT2D eigenvalue weighted by Crippen LogP contribution is -2.44. The molecule has 1 saturated heterocycles. The lowest BCUT2D eigenvalue weighted by Gasteiger charge is -2.27. The summed E-state index contributed by atoms with van der Waals surface area (Å²) < 4.78 is 21.8. The summed E-state index contributed by atoms with van der Waals surface area (Å²) >= 11 is 0. The van der Waals surface area contributed by atoms with Crippen LogP contribution in [0.15, 0.2) is 11.1 Å². The number of rotatable bonds is 4. The van der Waals surface area contributed by atoms with E-state index < -0.39 is 44.0 Å². The quantitative estimate of drug-likeness (QED) is 0.316. The van der Waals surface area contributed by atoms with Crippen LogP contribution in [0.3, 0.4) is 0 Å². The Kier molecular flexibility index (Phi) is 4.20. The average Bonchev–Trinajstić information content (AvgIpc) is 2.97. The summed E-state index contributed by atoms with van der Waals surface area (Å²) in [5, 5.41) is 20.8. The van der Waals surface area contributed by atoms with Crippen molar-refractivity contribution in [2.24, 2.45) is 0 Å². The zero-order valence-electron chi connectivity index (χ0n) is 12.8. The number of nitrogens with one attached hydrogen (secondary N) is 1. The van der Waals surface area contributed by atoms with Crippen molar-refractivity contribution in [3.05, 3.63) is 16.7 Å². The number of hydrogen-bond acceptors (Lipinski definition) is 9. The second kappa shape index (κ2) is 5.85. The van der Waals surface area contributed by atoms with Crippen LogP contribution in [0.25, 0.3) is 11.2 Å².